The SMILES string of the molecule is CC(C)[Si](Oc1ccc([C@@H](O)[C@@H](C)N2CCC(O)(c3ccc(Cl)cc3)CC2)cc1F)(C(C)C)C(C)C. The van der Waals surface area contributed by atoms with Crippen LogP contribution < -0.4 is 4.43 Å². The van der Waals surface area contributed by atoms with Crippen LogP contribution in [0.3, 0.4) is 0 Å². The number of hydrogen-bond donors (Lipinski definition) is 2. The standard InChI is InChI=1S/C29H43ClFNO3Si/c1-19(2)36(20(3)4,21(5)6)35-27-13-8-23(18-26(27)31)28(33)22(7)32-16-14-29(34,15-17-32)24-9-11-25(30)12-10-24/h8-13,18-22,28,33-34H,14-17H2,1-7H3/t22-,28+/m1/s1. The van der Waals surface area contributed by atoms with E-state index in [0.717, 1.165) is 5.56 Å². The topological polar surface area (TPSA) is 52.9 Å². The van der Waals surface area contributed by atoms with Crippen LogP contribution in [-0.4, -0.2) is 42.6 Å². The summed E-state index contributed by atoms with van der Waals surface area (Å²) in [4.78, 5) is 2.16. The summed E-state index contributed by atoms with van der Waals surface area (Å²) in [6.45, 7) is 16.3. The zero-order valence-corrected chi connectivity index (χ0v) is 24.5. The number of aliphatic hydroxyl groups is 2. The fourth-order valence-electron chi connectivity index (χ4n) is 6.16. The van der Waals surface area contributed by atoms with E-state index in [1.165, 1.54) is 6.07 Å². The smallest absolute Gasteiger partial charge is 0.258 e. The van der Waals surface area contributed by atoms with Crippen LogP contribution in [0, 0.1) is 5.82 Å². The second-order valence-corrected chi connectivity index (χ2v) is 17.2. The lowest BCUT2D eigenvalue weighted by Crippen LogP contribution is -2.50. The molecule has 1 aliphatic heterocycles. The summed E-state index contributed by atoms with van der Waals surface area (Å²) in [5.74, 6) is -0.138. The van der Waals surface area contributed by atoms with Gasteiger partial charge in [-0.05, 0) is 71.8 Å². The van der Waals surface area contributed by atoms with Crippen molar-refractivity contribution in [1.29, 1.82) is 0 Å². The van der Waals surface area contributed by atoms with E-state index in [0.29, 0.717) is 53.1 Å². The zero-order chi connectivity index (χ0) is 26.8. The molecule has 0 spiro atoms. The Bertz CT molecular complexity index is 984. The van der Waals surface area contributed by atoms with Gasteiger partial charge in [0.2, 0.25) is 0 Å². The highest BCUT2D eigenvalue weighted by molar-refractivity contribution is 6.78. The largest absolute Gasteiger partial charge is 0.541 e. The number of halogens is 2. The fourth-order valence-corrected chi connectivity index (χ4v) is 11.5. The van der Waals surface area contributed by atoms with Crippen molar-refractivity contribution < 1.29 is 19.0 Å². The summed E-state index contributed by atoms with van der Waals surface area (Å²) < 4.78 is 21.8. The molecule has 0 radical (unpaired) electrons. The summed E-state index contributed by atoms with van der Waals surface area (Å²) in [6, 6.07) is 12.0. The lowest BCUT2D eigenvalue weighted by Gasteiger charge is -2.42. The van der Waals surface area contributed by atoms with Gasteiger partial charge in [0.05, 0.1) is 11.7 Å². The minimum absolute atomic E-state index is 0.221. The molecule has 0 aliphatic carbocycles. The van der Waals surface area contributed by atoms with Crippen molar-refractivity contribution in [3.63, 3.8) is 0 Å². The van der Waals surface area contributed by atoms with Crippen molar-refractivity contribution in [3.05, 3.63) is 64.4 Å². The summed E-state index contributed by atoms with van der Waals surface area (Å²) >= 11 is 6.00. The van der Waals surface area contributed by atoms with Crippen LogP contribution in [0.2, 0.25) is 21.6 Å². The number of aliphatic hydroxyl groups excluding tert-OH is 1. The van der Waals surface area contributed by atoms with Crippen molar-refractivity contribution in [2.24, 2.45) is 0 Å². The first kappa shape index (κ1) is 29.1. The first-order valence-electron chi connectivity index (χ1n) is 13.2. The second-order valence-electron chi connectivity index (χ2n) is 11.4. The van der Waals surface area contributed by atoms with E-state index in [-0.39, 0.29) is 11.8 Å². The van der Waals surface area contributed by atoms with Gasteiger partial charge in [0, 0.05) is 24.2 Å². The molecule has 7 heteroatoms. The Morgan fingerprint density at radius 3 is 1.92 bits per heavy atom. The van der Waals surface area contributed by atoms with Gasteiger partial charge in [-0.25, -0.2) is 4.39 Å². The zero-order valence-electron chi connectivity index (χ0n) is 22.8. The molecule has 1 heterocycles. The van der Waals surface area contributed by atoms with Crippen LogP contribution >= 0.6 is 11.6 Å². The molecular weight excluding hydrogens is 493 g/mol. The van der Waals surface area contributed by atoms with Gasteiger partial charge in [-0.1, -0.05) is 71.3 Å². The first-order chi connectivity index (χ1) is 16.8. The molecule has 0 bridgehead atoms. The van der Waals surface area contributed by atoms with E-state index in [4.69, 9.17) is 16.0 Å². The van der Waals surface area contributed by atoms with E-state index >= 15 is 4.39 Å². The van der Waals surface area contributed by atoms with E-state index in [9.17, 15) is 10.2 Å². The molecule has 0 saturated carbocycles. The lowest BCUT2D eigenvalue weighted by molar-refractivity contribution is -0.0502. The van der Waals surface area contributed by atoms with Crippen molar-refractivity contribution >= 4 is 19.9 Å². The Morgan fingerprint density at radius 1 is 0.917 bits per heavy atom. The van der Waals surface area contributed by atoms with Gasteiger partial charge in [-0.15, -0.1) is 0 Å². The summed E-state index contributed by atoms with van der Waals surface area (Å²) in [6.07, 6.45) is 0.260. The van der Waals surface area contributed by atoms with E-state index in [1.807, 2.05) is 19.1 Å². The highest BCUT2D eigenvalue weighted by atomic mass is 35.5. The molecule has 3 rings (SSSR count). The molecule has 0 unspecified atom stereocenters. The number of benzene rings is 2. The van der Waals surface area contributed by atoms with Crippen molar-refractivity contribution in [2.45, 2.75) is 95.7 Å². The van der Waals surface area contributed by atoms with Gasteiger partial charge in [-0.3, -0.25) is 4.90 Å². The molecule has 2 atom stereocenters. The number of hydrogen-bond acceptors (Lipinski definition) is 4. The highest BCUT2D eigenvalue weighted by Crippen LogP contribution is 2.43. The van der Waals surface area contributed by atoms with Crippen molar-refractivity contribution in [2.75, 3.05) is 13.1 Å². The monoisotopic (exact) mass is 535 g/mol. The normalized spacial score (nSPS) is 18.6. The van der Waals surface area contributed by atoms with Crippen LogP contribution in [0.15, 0.2) is 42.5 Å². The number of rotatable bonds is 9. The molecule has 0 amide bonds. The molecule has 2 aromatic carbocycles. The highest BCUT2D eigenvalue weighted by Gasteiger charge is 2.47. The molecule has 2 aromatic rings. The third kappa shape index (κ3) is 5.83. The second kappa shape index (κ2) is 11.5. The Hall–Kier alpha value is -1.44. The molecule has 0 aromatic heterocycles. The maximum absolute atomic E-state index is 15.3. The number of likely N-dealkylation sites (tertiary alicyclic amines) is 1. The molecule has 1 fully saturated rings. The van der Waals surface area contributed by atoms with Crippen molar-refractivity contribution in [1.82, 2.24) is 4.90 Å². The maximum Gasteiger partial charge on any atom is 0.258 e. The lowest BCUT2D eigenvalue weighted by atomic mass is 9.83. The Kier molecular flexibility index (Phi) is 9.32. The molecular formula is C29H43ClFNO3Si. The van der Waals surface area contributed by atoms with Crippen molar-refractivity contribution in [3.8, 4) is 5.75 Å². The number of nitrogens with zero attached hydrogens (tertiary/aromatic N) is 1. The van der Waals surface area contributed by atoms with Gasteiger partial charge in [0.15, 0.2) is 5.82 Å². The van der Waals surface area contributed by atoms with Gasteiger partial charge in [0.25, 0.3) is 8.32 Å². The van der Waals surface area contributed by atoms with Gasteiger partial charge < -0.3 is 14.6 Å². The van der Waals surface area contributed by atoms with E-state index in [2.05, 4.69) is 46.4 Å². The molecule has 200 valence electrons. The van der Waals surface area contributed by atoms with Crippen LogP contribution in [-0.2, 0) is 5.60 Å². The van der Waals surface area contributed by atoms with Crippen LogP contribution in [0.4, 0.5) is 4.39 Å². The molecule has 1 saturated heterocycles. The predicted molar refractivity (Wildman–Crippen MR) is 149 cm³/mol. The van der Waals surface area contributed by atoms with Crippen LogP contribution in [0.25, 0.3) is 0 Å². The van der Waals surface area contributed by atoms with Gasteiger partial charge in [0.1, 0.15) is 5.75 Å². The van der Waals surface area contributed by atoms with Gasteiger partial charge >= 0.3 is 0 Å². The van der Waals surface area contributed by atoms with Crippen LogP contribution in [0.1, 0.15) is 78.5 Å². The minimum Gasteiger partial charge on any atom is -0.541 e. The minimum atomic E-state index is -2.28. The average molecular weight is 536 g/mol. The first-order valence-corrected chi connectivity index (χ1v) is 15.7. The average Bonchev–Trinajstić information content (AvgIpc) is 2.82. The summed E-state index contributed by atoms with van der Waals surface area (Å²) in [5.41, 5.74) is 1.52. The van der Waals surface area contributed by atoms with E-state index in [1.54, 1.807) is 24.3 Å². The molecule has 36 heavy (non-hydrogen) atoms. The molecule has 2 N–H and O–H groups in total. The van der Waals surface area contributed by atoms with Crippen LogP contribution in [0.5, 0.6) is 5.75 Å². The fraction of sp³-hybridized carbons (Fsp3) is 0.586. The third-order valence-corrected chi connectivity index (χ3v) is 14.6. The summed E-state index contributed by atoms with van der Waals surface area (Å²) in [7, 11) is -2.28. The number of piperidine rings is 1. The predicted octanol–water partition coefficient (Wildman–Crippen LogP) is 7.44. The molecule has 4 nitrogen and oxygen atoms in total. The Labute approximate surface area is 222 Å². The molecule has 1 aliphatic rings. The van der Waals surface area contributed by atoms with E-state index < -0.39 is 25.8 Å². The Morgan fingerprint density at radius 2 is 1.44 bits per heavy atom. The van der Waals surface area contributed by atoms with Gasteiger partial charge in [-0.2, -0.15) is 0 Å². The third-order valence-electron chi connectivity index (χ3n) is 8.33. The quantitative estimate of drug-likeness (QED) is 0.327. The summed E-state index contributed by atoms with van der Waals surface area (Å²) in [5, 5.41) is 22.9. The maximum atomic E-state index is 15.3. The Balaban J connectivity index is 1.71.